The summed E-state index contributed by atoms with van der Waals surface area (Å²) >= 11 is 0. The molecule has 2 aliphatic heterocycles. The zero-order chi connectivity index (χ0) is 16.4. The maximum absolute atomic E-state index is 6.17. The molecule has 0 aromatic carbocycles. The first-order valence-electron chi connectivity index (χ1n) is 9.57. The van der Waals surface area contributed by atoms with Crippen molar-refractivity contribution < 1.29 is 4.74 Å². The van der Waals surface area contributed by atoms with E-state index < -0.39 is 0 Å². The maximum atomic E-state index is 6.17. The van der Waals surface area contributed by atoms with Crippen molar-refractivity contribution in [1.82, 2.24) is 9.80 Å². The van der Waals surface area contributed by atoms with E-state index in [1.165, 1.54) is 64.8 Å². The second kappa shape index (κ2) is 11.4. The minimum atomic E-state index is 0.531. The van der Waals surface area contributed by atoms with Gasteiger partial charge in [0.15, 0.2) is 0 Å². The van der Waals surface area contributed by atoms with E-state index in [0.717, 1.165) is 18.4 Å². The predicted octanol–water partition coefficient (Wildman–Crippen LogP) is 3.88. The van der Waals surface area contributed by atoms with Crippen molar-refractivity contribution >= 4 is 0 Å². The average Bonchev–Trinajstić information content (AvgIpc) is 2.48. The second-order valence-electron chi connectivity index (χ2n) is 7.68. The van der Waals surface area contributed by atoms with Crippen molar-refractivity contribution in [2.75, 3.05) is 46.4 Å². The van der Waals surface area contributed by atoms with E-state index in [1.807, 2.05) is 0 Å². The summed E-state index contributed by atoms with van der Waals surface area (Å²) in [6.45, 7) is 16.1. The van der Waals surface area contributed by atoms with Gasteiger partial charge in [-0.05, 0) is 57.7 Å². The molecule has 132 valence electrons. The smallest absolute Gasteiger partial charge is 0.0599 e. The molecule has 0 spiro atoms. The predicted molar refractivity (Wildman–Crippen MR) is 96.4 cm³/mol. The Hall–Kier alpha value is -0.120. The van der Waals surface area contributed by atoms with Gasteiger partial charge in [-0.2, -0.15) is 0 Å². The summed E-state index contributed by atoms with van der Waals surface area (Å²) in [5.41, 5.74) is 0. The molecular weight excluding hydrogens is 272 g/mol. The first-order valence-corrected chi connectivity index (χ1v) is 9.57. The highest BCUT2D eigenvalue weighted by molar-refractivity contribution is 4.75. The zero-order valence-corrected chi connectivity index (χ0v) is 15.8. The number of likely N-dealkylation sites (tertiary alicyclic amines) is 2. The molecule has 22 heavy (non-hydrogen) atoms. The van der Waals surface area contributed by atoms with Gasteiger partial charge in [0.05, 0.1) is 6.10 Å². The number of nitrogens with zero attached hydrogens (tertiary/aromatic N) is 2. The molecule has 2 rings (SSSR count). The van der Waals surface area contributed by atoms with Crippen LogP contribution >= 0.6 is 0 Å². The van der Waals surface area contributed by atoms with E-state index in [1.54, 1.807) is 0 Å². The molecule has 0 unspecified atom stereocenters. The van der Waals surface area contributed by atoms with Gasteiger partial charge in [-0.3, -0.25) is 0 Å². The van der Waals surface area contributed by atoms with Crippen LogP contribution < -0.4 is 0 Å². The first-order chi connectivity index (χ1) is 10.5. The van der Waals surface area contributed by atoms with Crippen molar-refractivity contribution in [3.05, 3.63) is 0 Å². The highest BCUT2D eigenvalue weighted by atomic mass is 16.5. The second-order valence-corrected chi connectivity index (χ2v) is 7.68. The van der Waals surface area contributed by atoms with Gasteiger partial charge in [0, 0.05) is 26.2 Å². The van der Waals surface area contributed by atoms with Gasteiger partial charge in [0.25, 0.3) is 0 Å². The van der Waals surface area contributed by atoms with Crippen LogP contribution in [0.2, 0.25) is 0 Å². The van der Waals surface area contributed by atoms with E-state index in [2.05, 4.69) is 44.5 Å². The Morgan fingerprint density at radius 2 is 1.50 bits per heavy atom. The van der Waals surface area contributed by atoms with Crippen molar-refractivity contribution in [2.45, 2.75) is 65.9 Å². The summed E-state index contributed by atoms with van der Waals surface area (Å²) in [4.78, 5) is 5.03. The zero-order valence-electron chi connectivity index (χ0n) is 15.8. The molecule has 2 heterocycles. The molecule has 3 heteroatoms. The van der Waals surface area contributed by atoms with Crippen LogP contribution in [0.25, 0.3) is 0 Å². The quantitative estimate of drug-likeness (QED) is 0.766. The third-order valence-corrected chi connectivity index (χ3v) is 4.56. The molecule has 0 atom stereocenters. The summed E-state index contributed by atoms with van der Waals surface area (Å²) in [5.74, 6) is 1.60. The standard InChI is InChI=1S/C16H32N2O.C3H8/c1-14(2)12-18-10-6-16(7-11-18)19-13-15-4-8-17(3)9-5-15;1-3-2/h14-16H,4-13H2,1-3H3;3H2,1-2H3. The summed E-state index contributed by atoms with van der Waals surface area (Å²) in [6, 6.07) is 0. The van der Waals surface area contributed by atoms with Crippen LogP contribution in [0, 0.1) is 11.8 Å². The van der Waals surface area contributed by atoms with E-state index in [-0.39, 0.29) is 0 Å². The highest BCUT2D eigenvalue weighted by Crippen LogP contribution is 2.20. The molecule has 0 saturated carbocycles. The van der Waals surface area contributed by atoms with E-state index in [4.69, 9.17) is 4.74 Å². The lowest BCUT2D eigenvalue weighted by Crippen LogP contribution is -2.40. The molecule has 0 bridgehead atoms. The van der Waals surface area contributed by atoms with Crippen LogP contribution in [-0.2, 0) is 4.74 Å². The highest BCUT2D eigenvalue weighted by Gasteiger charge is 2.22. The molecule has 2 fully saturated rings. The van der Waals surface area contributed by atoms with Crippen LogP contribution in [-0.4, -0.2) is 62.3 Å². The Balaban J connectivity index is 0.000000745. The number of hydrogen-bond donors (Lipinski definition) is 0. The molecule has 0 aromatic rings. The Kier molecular flexibility index (Phi) is 10.3. The minimum absolute atomic E-state index is 0.531. The fourth-order valence-electron chi connectivity index (χ4n) is 3.28. The molecule has 3 nitrogen and oxygen atoms in total. The van der Waals surface area contributed by atoms with Crippen LogP contribution in [0.3, 0.4) is 0 Å². The number of piperidine rings is 2. The molecule has 2 saturated heterocycles. The van der Waals surface area contributed by atoms with E-state index >= 15 is 0 Å². The van der Waals surface area contributed by atoms with E-state index in [0.29, 0.717) is 6.10 Å². The monoisotopic (exact) mass is 312 g/mol. The lowest BCUT2D eigenvalue weighted by Gasteiger charge is -2.34. The summed E-state index contributed by atoms with van der Waals surface area (Å²) in [7, 11) is 2.22. The summed E-state index contributed by atoms with van der Waals surface area (Å²) < 4.78 is 6.17. The third kappa shape index (κ3) is 8.50. The largest absolute Gasteiger partial charge is 0.378 e. The number of ether oxygens (including phenoxy) is 1. The first kappa shape index (κ1) is 19.9. The molecule has 0 aliphatic carbocycles. The Labute approximate surface area is 139 Å². The fourth-order valence-corrected chi connectivity index (χ4v) is 3.28. The number of hydrogen-bond acceptors (Lipinski definition) is 3. The van der Waals surface area contributed by atoms with Gasteiger partial charge in [-0.15, -0.1) is 0 Å². The van der Waals surface area contributed by atoms with Crippen molar-refractivity contribution in [3.63, 3.8) is 0 Å². The molecule has 0 amide bonds. The van der Waals surface area contributed by atoms with Crippen molar-refractivity contribution in [3.8, 4) is 0 Å². The molecule has 2 aliphatic rings. The topological polar surface area (TPSA) is 15.7 Å². The summed E-state index contributed by atoms with van der Waals surface area (Å²) in [5, 5.41) is 0. The Morgan fingerprint density at radius 1 is 0.955 bits per heavy atom. The molecular formula is C19H40N2O. The lowest BCUT2D eigenvalue weighted by atomic mass is 9.98. The van der Waals surface area contributed by atoms with Gasteiger partial charge in [-0.1, -0.05) is 34.1 Å². The van der Waals surface area contributed by atoms with Gasteiger partial charge in [0.2, 0.25) is 0 Å². The molecule has 0 N–H and O–H groups in total. The Bertz CT molecular complexity index is 254. The van der Waals surface area contributed by atoms with Crippen molar-refractivity contribution in [1.29, 1.82) is 0 Å². The SMILES string of the molecule is CC(C)CN1CCC(OCC2CCN(C)CC2)CC1.CCC. The van der Waals surface area contributed by atoms with Crippen LogP contribution in [0.1, 0.15) is 59.8 Å². The third-order valence-electron chi connectivity index (χ3n) is 4.56. The normalized spacial score (nSPS) is 22.6. The van der Waals surface area contributed by atoms with Gasteiger partial charge in [0.1, 0.15) is 0 Å². The van der Waals surface area contributed by atoms with Crippen LogP contribution in [0.5, 0.6) is 0 Å². The summed E-state index contributed by atoms with van der Waals surface area (Å²) in [6.07, 6.45) is 6.90. The maximum Gasteiger partial charge on any atom is 0.0599 e. The van der Waals surface area contributed by atoms with Crippen LogP contribution in [0.15, 0.2) is 0 Å². The average molecular weight is 313 g/mol. The lowest BCUT2D eigenvalue weighted by molar-refractivity contribution is -0.0193. The minimum Gasteiger partial charge on any atom is -0.378 e. The fraction of sp³-hybridized carbons (Fsp3) is 1.00. The molecule has 0 radical (unpaired) electrons. The van der Waals surface area contributed by atoms with E-state index in [9.17, 15) is 0 Å². The molecule has 0 aromatic heterocycles. The van der Waals surface area contributed by atoms with Gasteiger partial charge in [-0.25, -0.2) is 0 Å². The van der Waals surface area contributed by atoms with Crippen LogP contribution in [0.4, 0.5) is 0 Å². The van der Waals surface area contributed by atoms with Crippen molar-refractivity contribution in [2.24, 2.45) is 11.8 Å². The number of rotatable bonds is 5. The van der Waals surface area contributed by atoms with Gasteiger partial charge < -0.3 is 14.5 Å². The Morgan fingerprint density at radius 3 is 2.00 bits per heavy atom. The van der Waals surface area contributed by atoms with Gasteiger partial charge >= 0.3 is 0 Å².